The van der Waals surface area contributed by atoms with Gasteiger partial charge in [0.1, 0.15) is 5.75 Å². The first-order valence-corrected chi connectivity index (χ1v) is 6.76. The molecular weight excluding hydrogens is 254 g/mol. The Labute approximate surface area is 117 Å². The minimum atomic E-state index is -0.202. The summed E-state index contributed by atoms with van der Waals surface area (Å²) in [5.74, 6) is 1.03. The smallest absolute Gasteiger partial charge is 0.276 e. The first kappa shape index (κ1) is 12.7. The van der Waals surface area contributed by atoms with Crippen molar-refractivity contribution in [1.82, 2.24) is 10.2 Å². The Morgan fingerprint density at radius 3 is 3.00 bits per heavy atom. The second kappa shape index (κ2) is 5.00. The van der Waals surface area contributed by atoms with Gasteiger partial charge in [0.15, 0.2) is 5.69 Å². The Morgan fingerprint density at radius 1 is 1.40 bits per heavy atom. The molecule has 2 heterocycles. The van der Waals surface area contributed by atoms with Crippen LogP contribution in [-0.2, 0) is 6.42 Å². The molecule has 1 aliphatic heterocycles. The van der Waals surface area contributed by atoms with Gasteiger partial charge in [0.2, 0.25) is 0 Å². The highest BCUT2D eigenvalue weighted by Crippen LogP contribution is 2.28. The number of ether oxygens (including phenoxy) is 1. The summed E-state index contributed by atoms with van der Waals surface area (Å²) < 4.78 is 5.44. The lowest BCUT2D eigenvalue weighted by molar-refractivity contribution is 0.102. The number of H-pyrrole nitrogens is 1. The quantitative estimate of drug-likeness (QED) is 0.902. The van der Waals surface area contributed by atoms with E-state index in [1.54, 1.807) is 6.07 Å². The van der Waals surface area contributed by atoms with E-state index in [9.17, 15) is 4.79 Å². The molecule has 0 bridgehead atoms. The number of carbonyl (C=O) groups is 1. The van der Waals surface area contributed by atoms with E-state index >= 15 is 0 Å². The topological polar surface area (TPSA) is 67.0 Å². The van der Waals surface area contributed by atoms with Crippen molar-refractivity contribution < 1.29 is 9.53 Å². The first-order chi connectivity index (χ1) is 9.63. The van der Waals surface area contributed by atoms with Crippen LogP contribution in [0, 0.1) is 0 Å². The number of hydrogen-bond donors (Lipinski definition) is 2. The lowest BCUT2D eigenvalue weighted by Crippen LogP contribution is -2.12. The number of rotatable bonds is 3. The number of aromatic nitrogens is 2. The molecule has 0 saturated heterocycles. The van der Waals surface area contributed by atoms with Crippen molar-refractivity contribution in [3.8, 4) is 5.75 Å². The predicted molar refractivity (Wildman–Crippen MR) is 76.3 cm³/mol. The van der Waals surface area contributed by atoms with E-state index in [2.05, 4.69) is 29.4 Å². The van der Waals surface area contributed by atoms with Gasteiger partial charge in [-0.2, -0.15) is 5.10 Å². The summed E-state index contributed by atoms with van der Waals surface area (Å²) in [4.78, 5) is 12.1. The van der Waals surface area contributed by atoms with Crippen molar-refractivity contribution >= 4 is 11.6 Å². The number of benzene rings is 1. The highest BCUT2D eigenvalue weighted by Gasteiger charge is 2.15. The summed E-state index contributed by atoms with van der Waals surface area (Å²) in [6, 6.07) is 7.48. The zero-order valence-electron chi connectivity index (χ0n) is 11.6. The maximum absolute atomic E-state index is 12.1. The van der Waals surface area contributed by atoms with Crippen LogP contribution in [0.5, 0.6) is 5.75 Å². The highest BCUT2D eigenvalue weighted by atomic mass is 16.5. The molecule has 1 aromatic heterocycles. The number of aromatic amines is 1. The molecule has 1 aromatic carbocycles. The summed E-state index contributed by atoms with van der Waals surface area (Å²) in [5, 5.41) is 9.79. The van der Waals surface area contributed by atoms with Gasteiger partial charge >= 0.3 is 0 Å². The molecule has 5 nitrogen and oxygen atoms in total. The normalized spacial score (nSPS) is 13.2. The summed E-state index contributed by atoms with van der Waals surface area (Å²) in [6.07, 6.45) is 0.888. The van der Waals surface area contributed by atoms with Gasteiger partial charge in [-0.3, -0.25) is 9.89 Å². The minimum absolute atomic E-state index is 0.202. The number of carbonyl (C=O) groups excluding carboxylic acids is 1. The SMILES string of the molecule is CC(C)c1cc(C(=O)Nc2ccc3c(c2)CCO3)n[nH]1. The van der Waals surface area contributed by atoms with Gasteiger partial charge in [0, 0.05) is 17.8 Å². The molecule has 0 fully saturated rings. The maximum atomic E-state index is 12.1. The molecule has 0 atom stereocenters. The molecule has 1 amide bonds. The number of hydrogen-bond acceptors (Lipinski definition) is 3. The Balaban J connectivity index is 1.75. The van der Waals surface area contributed by atoms with Crippen LogP contribution in [-0.4, -0.2) is 22.7 Å². The monoisotopic (exact) mass is 271 g/mol. The number of nitrogens with zero attached hydrogens (tertiary/aromatic N) is 1. The van der Waals surface area contributed by atoms with Crippen LogP contribution in [0.2, 0.25) is 0 Å². The van der Waals surface area contributed by atoms with Crippen LogP contribution in [0.4, 0.5) is 5.69 Å². The standard InChI is InChI=1S/C15H17N3O2/c1-9(2)12-8-13(18-17-12)15(19)16-11-3-4-14-10(7-11)5-6-20-14/h3-4,7-9H,5-6H2,1-2H3,(H,16,19)(H,17,18). The Morgan fingerprint density at radius 2 is 2.25 bits per heavy atom. The fourth-order valence-corrected chi connectivity index (χ4v) is 2.21. The van der Waals surface area contributed by atoms with E-state index in [0.717, 1.165) is 29.1 Å². The maximum Gasteiger partial charge on any atom is 0.276 e. The van der Waals surface area contributed by atoms with Crippen LogP contribution >= 0.6 is 0 Å². The third-order valence-electron chi connectivity index (χ3n) is 3.40. The molecule has 0 aliphatic carbocycles. The van der Waals surface area contributed by atoms with E-state index in [-0.39, 0.29) is 5.91 Å². The molecule has 5 heteroatoms. The Bertz CT molecular complexity index is 646. The third-order valence-corrected chi connectivity index (χ3v) is 3.40. The molecule has 1 aliphatic rings. The minimum Gasteiger partial charge on any atom is -0.493 e. The molecule has 2 N–H and O–H groups in total. The molecule has 0 radical (unpaired) electrons. The van der Waals surface area contributed by atoms with Gasteiger partial charge < -0.3 is 10.1 Å². The summed E-state index contributed by atoms with van der Waals surface area (Å²) in [5.41, 5.74) is 3.27. The number of nitrogens with one attached hydrogen (secondary N) is 2. The lowest BCUT2D eigenvalue weighted by atomic mass is 10.1. The van der Waals surface area contributed by atoms with Crippen molar-refractivity contribution in [3.05, 3.63) is 41.2 Å². The van der Waals surface area contributed by atoms with Crippen molar-refractivity contribution in [3.63, 3.8) is 0 Å². The molecule has 104 valence electrons. The number of fused-ring (bicyclic) bond motifs is 1. The second-order valence-corrected chi connectivity index (χ2v) is 5.24. The lowest BCUT2D eigenvalue weighted by Gasteiger charge is -2.05. The van der Waals surface area contributed by atoms with Gasteiger partial charge in [-0.05, 0) is 35.7 Å². The summed E-state index contributed by atoms with van der Waals surface area (Å²) >= 11 is 0. The fraction of sp³-hybridized carbons (Fsp3) is 0.333. The largest absolute Gasteiger partial charge is 0.493 e. The van der Waals surface area contributed by atoms with Gasteiger partial charge in [0.25, 0.3) is 5.91 Å². The summed E-state index contributed by atoms with van der Waals surface area (Å²) in [7, 11) is 0. The van der Waals surface area contributed by atoms with E-state index in [4.69, 9.17) is 4.74 Å². The Kier molecular flexibility index (Phi) is 3.18. The summed E-state index contributed by atoms with van der Waals surface area (Å²) in [6.45, 7) is 4.81. The van der Waals surface area contributed by atoms with Gasteiger partial charge in [-0.15, -0.1) is 0 Å². The van der Waals surface area contributed by atoms with Gasteiger partial charge in [-0.1, -0.05) is 13.8 Å². The van der Waals surface area contributed by atoms with E-state index in [1.165, 1.54) is 0 Å². The zero-order valence-corrected chi connectivity index (χ0v) is 11.6. The van der Waals surface area contributed by atoms with Crippen molar-refractivity contribution in [2.45, 2.75) is 26.2 Å². The third kappa shape index (κ3) is 2.39. The van der Waals surface area contributed by atoms with Crippen LogP contribution in [0.3, 0.4) is 0 Å². The van der Waals surface area contributed by atoms with Crippen LogP contribution in [0.25, 0.3) is 0 Å². The zero-order chi connectivity index (χ0) is 14.1. The van der Waals surface area contributed by atoms with E-state index < -0.39 is 0 Å². The van der Waals surface area contributed by atoms with E-state index in [0.29, 0.717) is 18.2 Å². The first-order valence-electron chi connectivity index (χ1n) is 6.76. The van der Waals surface area contributed by atoms with E-state index in [1.807, 2.05) is 18.2 Å². The van der Waals surface area contributed by atoms with Crippen molar-refractivity contribution in [2.24, 2.45) is 0 Å². The van der Waals surface area contributed by atoms with Crippen LogP contribution < -0.4 is 10.1 Å². The molecule has 3 rings (SSSR count). The van der Waals surface area contributed by atoms with Crippen LogP contribution in [0.1, 0.15) is 41.5 Å². The van der Waals surface area contributed by atoms with Crippen molar-refractivity contribution in [2.75, 3.05) is 11.9 Å². The van der Waals surface area contributed by atoms with Crippen LogP contribution in [0.15, 0.2) is 24.3 Å². The molecule has 0 spiro atoms. The fourth-order valence-electron chi connectivity index (χ4n) is 2.21. The molecule has 20 heavy (non-hydrogen) atoms. The second-order valence-electron chi connectivity index (χ2n) is 5.24. The average Bonchev–Trinajstić information content (AvgIpc) is 3.07. The highest BCUT2D eigenvalue weighted by molar-refractivity contribution is 6.03. The average molecular weight is 271 g/mol. The predicted octanol–water partition coefficient (Wildman–Crippen LogP) is 2.72. The Hall–Kier alpha value is -2.30. The van der Waals surface area contributed by atoms with Gasteiger partial charge in [0.05, 0.1) is 6.61 Å². The van der Waals surface area contributed by atoms with Gasteiger partial charge in [-0.25, -0.2) is 0 Å². The molecule has 2 aromatic rings. The number of anilines is 1. The van der Waals surface area contributed by atoms with Crippen molar-refractivity contribution in [1.29, 1.82) is 0 Å². The number of amides is 1. The molecule has 0 unspecified atom stereocenters. The molecular formula is C15H17N3O2. The molecule has 0 saturated carbocycles.